The molecule has 3 heterocycles. The van der Waals surface area contributed by atoms with Gasteiger partial charge in [-0.2, -0.15) is 0 Å². The van der Waals surface area contributed by atoms with Crippen LogP contribution < -0.4 is 4.90 Å². The third kappa shape index (κ3) is 3.68. The molecule has 0 aromatic carbocycles. The van der Waals surface area contributed by atoms with Gasteiger partial charge in [-0.1, -0.05) is 0 Å². The Morgan fingerprint density at radius 2 is 2.22 bits per heavy atom. The maximum atomic E-state index is 10.8. The van der Waals surface area contributed by atoms with Gasteiger partial charge >= 0.3 is 5.97 Å². The summed E-state index contributed by atoms with van der Waals surface area (Å²) in [7, 11) is 0. The standard InChI is InChI=1S/C16H20N4O3/c1-12-9-17-4-3-14(12)20-6-2-5-19(7-8-20)10-15-18-13(11-23-15)16(21)22/h3-4,9,11H,2,5-8,10H2,1H3,(H,21,22). The maximum absolute atomic E-state index is 10.8. The van der Waals surface area contributed by atoms with Crippen LogP contribution in [-0.4, -0.2) is 52.1 Å². The number of nitrogens with zero attached hydrogens (tertiary/aromatic N) is 4. The zero-order chi connectivity index (χ0) is 16.2. The monoisotopic (exact) mass is 316 g/mol. The number of aromatic carboxylic acids is 1. The SMILES string of the molecule is Cc1cnccc1N1CCCN(Cc2nc(C(=O)O)co2)CC1. The molecule has 1 fully saturated rings. The lowest BCUT2D eigenvalue weighted by Gasteiger charge is -2.24. The van der Waals surface area contributed by atoms with E-state index in [2.05, 4.69) is 32.8 Å². The van der Waals surface area contributed by atoms with E-state index in [1.165, 1.54) is 17.5 Å². The number of aryl methyl sites for hydroxylation is 1. The van der Waals surface area contributed by atoms with Crippen molar-refractivity contribution in [3.8, 4) is 0 Å². The van der Waals surface area contributed by atoms with E-state index >= 15 is 0 Å². The summed E-state index contributed by atoms with van der Waals surface area (Å²) in [5.74, 6) is -0.605. The van der Waals surface area contributed by atoms with Crippen molar-refractivity contribution in [2.75, 3.05) is 31.1 Å². The van der Waals surface area contributed by atoms with Gasteiger partial charge in [-0.25, -0.2) is 9.78 Å². The van der Waals surface area contributed by atoms with Crippen molar-refractivity contribution in [1.82, 2.24) is 14.9 Å². The van der Waals surface area contributed by atoms with Crippen molar-refractivity contribution < 1.29 is 14.3 Å². The highest BCUT2D eigenvalue weighted by molar-refractivity contribution is 5.84. The molecule has 7 nitrogen and oxygen atoms in total. The molecule has 0 unspecified atom stereocenters. The third-order valence-corrected chi connectivity index (χ3v) is 4.05. The van der Waals surface area contributed by atoms with Crippen molar-refractivity contribution in [3.05, 3.63) is 41.9 Å². The number of carbonyl (C=O) groups is 1. The smallest absolute Gasteiger partial charge is 0.357 e. The van der Waals surface area contributed by atoms with Crippen LogP contribution in [0.1, 0.15) is 28.4 Å². The second-order valence-corrected chi connectivity index (χ2v) is 5.71. The zero-order valence-electron chi connectivity index (χ0n) is 13.1. The molecule has 0 amide bonds. The molecule has 3 rings (SSSR count). The molecule has 122 valence electrons. The topological polar surface area (TPSA) is 82.7 Å². The molecule has 0 atom stereocenters. The fourth-order valence-corrected chi connectivity index (χ4v) is 2.86. The summed E-state index contributed by atoms with van der Waals surface area (Å²) < 4.78 is 5.24. The predicted molar refractivity (Wildman–Crippen MR) is 84.5 cm³/mol. The molecule has 1 N–H and O–H groups in total. The maximum Gasteiger partial charge on any atom is 0.357 e. The number of rotatable bonds is 4. The van der Waals surface area contributed by atoms with E-state index in [9.17, 15) is 4.79 Å². The van der Waals surface area contributed by atoms with E-state index in [-0.39, 0.29) is 5.69 Å². The van der Waals surface area contributed by atoms with Gasteiger partial charge in [0.25, 0.3) is 0 Å². The highest BCUT2D eigenvalue weighted by atomic mass is 16.4. The third-order valence-electron chi connectivity index (χ3n) is 4.05. The number of aromatic nitrogens is 2. The molecular formula is C16H20N4O3. The average molecular weight is 316 g/mol. The van der Waals surface area contributed by atoms with Crippen LogP contribution in [0.4, 0.5) is 5.69 Å². The average Bonchev–Trinajstić information content (AvgIpc) is 2.88. The van der Waals surface area contributed by atoms with Gasteiger partial charge in [0.2, 0.25) is 5.89 Å². The second kappa shape index (κ2) is 6.78. The van der Waals surface area contributed by atoms with Gasteiger partial charge in [0.1, 0.15) is 6.26 Å². The fourth-order valence-electron chi connectivity index (χ4n) is 2.86. The largest absolute Gasteiger partial charge is 0.476 e. The minimum atomic E-state index is -1.06. The van der Waals surface area contributed by atoms with Gasteiger partial charge in [0.05, 0.1) is 6.54 Å². The molecule has 0 saturated carbocycles. The van der Waals surface area contributed by atoms with Gasteiger partial charge in [-0.05, 0) is 25.0 Å². The molecule has 2 aromatic heterocycles. The summed E-state index contributed by atoms with van der Waals surface area (Å²) in [6.07, 6.45) is 5.94. The lowest BCUT2D eigenvalue weighted by molar-refractivity contribution is 0.0690. The Kier molecular flexibility index (Phi) is 4.57. The molecule has 1 aliphatic rings. The van der Waals surface area contributed by atoms with Crippen LogP contribution in [0, 0.1) is 6.92 Å². The lowest BCUT2D eigenvalue weighted by atomic mass is 10.2. The van der Waals surface area contributed by atoms with E-state index in [0.717, 1.165) is 32.6 Å². The van der Waals surface area contributed by atoms with Crippen molar-refractivity contribution in [2.45, 2.75) is 19.9 Å². The van der Waals surface area contributed by atoms with Gasteiger partial charge in [0, 0.05) is 44.3 Å². The predicted octanol–water partition coefficient (Wildman–Crippen LogP) is 1.79. The van der Waals surface area contributed by atoms with Crippen LogP contribution in [0.2, 0.25) is 0 Å². The molecular weight excluding hydrogens is 296 g/mol. The molecule has 23 heavy (non-hydrogen) atoms. The Morgan fingerprint density at radius 3 is 2.96 bits per heavy atom. The van der Waals surface area contributed by atoms with E-state index in [1.54, 1.807) is 0 Å². The summed E-state index contributed by atoms with van der Waals surface area (Å²) >= 11 is 0. The molecule has 0 spiro atoms. The second-order valence-electron chi connectivity index (χ2n) is 5.71. The van der Waals surface area contributed by atoms with E-state index in [0.29, 0.717) is 12.4 Å². The van der Waals surface area contributed by atoms with E-state index in [4.69, 9.17) is 9.52 Å². The van der Waals surface area contributed by atoms with Gasteiger partial charge in [0.15, 0.2) is 5.69 Å². The number of pyridine rings is 1. The Hall–Kier alpha value is -2.41. The van der Waals surface area contributed by atoms with Crippen LogP contribution in [0.15, 0.2) is 29.1 Å². The van der Waals surface area contributed by atoms with Gasteiger partial charge in [-0.15, -0.1) is 0 Å². The first-order valence-electron chi connectivity index (χ1n) is 7.69. The van der Waals surface area contributed by atoms with Crippen LogP contribution in [0.3, 0.4) is 0 Å². The summed E-state index contributed by atoms with van der Waals surface area (Å²) in [4.78, 5) is 23.6. The van der Waals surface area contributed by atoms with Crippen molar-refractivity contribution >= 4 is 11.7 Å². The number of hydrogen-bond acceptors (Lipinski definition) is 6. The first-order chi connectivity index (χ1) is 11.1. The van der Waals surface area contributed by atoms with E-state index in [1.807, 2.05) is 12.4 Å². The van der Waals surface area contributed by atoms with Crippen LogP contribution in [0.5, 0.6) is 0 Å². The molecule has 0 radical (unpaired) electrons. The molecule has 1 saturated heterocycles. The number of carboxylic acids is 1. The summed E-state index contributed by atoms with van der Waals surface area (Å²) in [5.41, 5.74) is 2.37. The summed E-state index contributed by atoms with van der Waals surface area (Å²) in [5, 5.41) is 8.89. The highest BCUT2D eigenvalue weighted by Gasteiger charge is 2.19. The fraction of sp³-hybridized carbons (Fsp3) is 0.438. The summed E-state index contributed by atoms with van der Waals surface area (Å²) in [6.45, 7) is 6.34. The van der Waals surface area contributed by atoms with Crippen LogP contribution in [0.25, 0.3) is 0 Å². The first kappa shape index (κ1) is 15.5. The molecule has 7 heteroatoms. The zero-order valence-corrected chi connectivity index (χ0v) is 13.1. The van der Waals surface area contributed by atoms with E-state index < -0.39 is 5.97 Å². The van der Waals surface area contributed by atoms with Gasteiger partial charge in [-0.3, -0.25) is 9.88 Å². The Bertz CT molecular complexity index is 685. The number of carboxylic acid groups (broad SMARTS) is 1. The first-order valence-corrected chi connectivity index (χ1v) is 7.69. The number of anilines is 1. The molecule has 0 aliphatic carbocycles. The molecule has 2 aromatic rings. The Morgan fingerprint density at radius 1 is 1.35 bits per heavy atom. The number of hydrogen-bond donors (Lipinski definition) is 1. The Labute approximate surface area is 134 Å². The normalized spacial score (nSPS) is 16.3. The minimum absolute atomic E-state index is 0.0381. The minimum Gasteiger partial charge on any atom is -0.476 e. The molecule has 1 aliphatic heterocycles. The van der Waals surface area contributed by atoms with Crippen molar-refractivity contribution in [1.29, 1.82) is 0 Å². The van der Waals surface area contributed by atoms with Crippen LogP contribution in [-0.2, 0) is 6.54 Å². The van der Waals surface area contributed by atoms with Crippen molar-refractivity contribution in [2.24, 2.45) is 0 Å². The lowest BCUT2D eigenvalue weighted by Crippen LogP contribution is -2.31. The van der Waals surface area contributed by atoms with Crippen molar-refractivity contribution in [3.63, 3.8) is 0 Å². The number of oxazole rings is 1. The quantitative estimate of drug-likeness (QED) is 0.920. The highest BCUT2D eigenvalue weighted by Crippen LogP contribution is 2.20. The summed E-state index contributed by atoms with van der Waals surface area (Å²) in [6, 6.07) is 2.05. The molecule has 0 bridgehead atoms. The Balaban J connectivity index is 1.62. The van der Waals surface area contributed by atoms with Crippen LogP contribution >= 0.6 is 0 Å². The van der Waals surface area contributed by atoms with Gasteiger partial charge < -0.3 is 14.4 Å².